The molecule has 0 radical (unpaired) electrons. The standard InChI is InChI=1S/C26H32N4O9/c1-9-13-10(28-12(32)8-29(2)3)6-7-11(31)15(13)20(33)16-14(9)21(34)18-19(30(4)5)22(35)17(25(27)38)24(37)26(18,39)23(16)36/h6-7,9,14,18-19,21,31,34-36,39H,8H2,1-5H3,(H2,27,38)(H,28,32)/t9-,14-,18-,19+,21-,26-/m1/s1. The zero-order valence-corrected chi connectivity index (χ0v) is 22.1. The average Bonchev–Trinajstić information content (AvgIpc) is 2.81. The van der Waals surface area contributed by atoms with Gasteiger partial charge in [-0.1, -0.05) is 6.92 Å². The van der Waals surface area contributed by atoms with Crippen LogP contribution in [-0.2, 0) is 14.4 Å². The molecule has 3 aliphatic rings. The lowest BCUT2D eigenvalue weighted by atomic mass is 9.55. The molecule has 13 heteroatoms. The van der Waals surface area contributed by atoms with E-state index in [1.165, 1.54) is 31.1 Å². The van der Waals surface area contributed by atoms with Gasteiger partial charge < -0.3 is 41.5 Å². The number of benzene rings is 1. The Morgan fingerprint density at radius 2 is 1.72 bits per heavy atom. The molecule has 6 atom stereocenters. The summed E-state index contributed by atoms with van der Waals surface area (Å²) in [6.45, 7) is 1.61. The summed E-state index contributed by atoms with van der Waals surface area (Å²) >= 11 is 0. The van der Waals surface area contributed by atoms with Crippen LogP contribution in [0.2, 0.25) is 0 Å². The monoisotopic (exact) mass is 544 g/mol. The first-order valence-electron chi connectivity index (χ1n) is 12.2. The fraction of sp³-hybridized carbons (Fsp3) is 0.462. The zero-order valence-electron chi connectivity index (χ0n) is 22.1. The number of hydrogen-bond donors (Lipinski definition) is 7. The fourth-order valence-electron chi connectivity index (χ4n) is 6.29. The lowest BCUT2D eigenvalue weighted by molar-refractivity contribution is -0.162. The summed E-state index contributed by atoms with van der Waals surface area (Å²) in [7, 11) is 6.30. The van der Waals surface area contributed by atoms with Crippen molar-refractivity contribution >= 4 is 29.1 Å². The average molecular weight is 545 g/mol. The van der Waals surface area contributed by atoms with E-state index in [2.05, 4.69) is 5.32 Å². The Kier molecular flexibility index (Phi) is 6.84. The zero-order chi connectivity index (χ0) is 29.3. The molecule has 4 rings (SSSR count). The van der Waals surface area contributed by atoms with Crippen LogP contribution in [0.5, 0.6) is 5.75 Å². The Morgan fingerprint density at radius 1 is 1.10 bits per heavy atom. The van der Waals surface area contributed by atoms with E-state index in [1.807, 2.05) is 0 Å². The second-order valence-electron chi connectivity index (χ2n) is 10.8. The molecular weight excluding hydrogens is 512 g/mol. The van der Waals surface area contributed by atoms with Gasteiger partial charge in [0.15, 0.2) is 11.4 Å². The van der Waals surface area contributed by atoms with Crippen molar-refractivity contribution in [1.82, 2.24) is 9.80 Å². The number of aliphatic hydroxyl groups excluding tert-OH is 3. The van der Waals surface area contributed by atoms with Gasteiger partial charge in [-0.15, -0.1) is 0 Å². The minimum Gasteiger partial charge on any atom is -0.510 e. The van der Waals surface area contributed by atoms with Crippen LogP contribution in [0.4, 0.5) is 5.69 Å². The number of amides is 2. The molecule has 0 saturated heterocycles. The van der Waals surface area contributed by atoms with Crippen molar-refractivity contribution in [3.63, 3.8) is 0 Å². The van der Waals surface area contributed by atoms with Crippen LogP contribution in [0.25, 0.3) is 0 Å². The normalized spacial score (nSPS) is 30.3. The predicted octanol–water partition coefficient (Wildman–Crippen LogP) is -0.847. The number of hydrogen-bond acceptors (Lipinski definition) is 11. The van der Waals surface area contributed by atoms with E-state index in [4.69, 9.17) is 5.73 Å². The molecule has 1 aromatic rings. The van der Waals surface area contributed by atoms with E-state index >= 15 is 0 Å². The summed E-state index contributed by atoms with van der Waals surface area (Å²) in [6, 6.07) is 1.23. The molecule has 39 heavy (non-hydrogen) atoms. The van der Waals surface area contributed by atoms with Gasteiger partial charge in [0.1, 0.15) is 22.8 Å². The summed E-state index contributed by atoms with van der Waals surface area (Å²) in [5.41, 5.74) is 0.955. The van der Waals surface area contributed by atoms with Gasteiger partial charge in [-0.3, -0.25) is 24.1 Å². The van der Waals surface area contributed by atoms with Crippen molar-refractivity contribution in [2.24, 2.45) is 17.6 Å². The summed E-state index contributed by atoms with van der Waals surface area (Å²) in [6.07, 6.45) is -1.73. The maximum absolute atomic E-state index is 13.8. The molecule has 0 unspecified atom stereocenters. The number of phenols is 1. The number of ketones is 2. The van der Waals surface area contributed by atoms with Crippen molar-refractivity contribution in [2.75, 3.05) is 40.1 Å². The molecule has 2 amide bonds. The highest BCUT2D eigenvalue weighted by molar-refractivity contribution is 6.25. The number of aromatic hydroxyl groups is 1. The van der Waals surface area contributed by atoms with Crippen LogP contribution in [0.3, 0.4) is 0 Å². The maximum Gasteiger partial charge on any atom is 0.255 e. The number of nitrogens with two attached hydrogens (primary N) is 1. The third-order valence-corrected chi connectivity index (χ3v) is 7.84. The largest absolute Gasteiger partial charge is 0.510 e. The van der Waals surface area contributed by atoms with E-state index in [9.17, 15) is 44.7 Å². The van der Waals surface area contributed by atoms with Crippen molar-refractivity contribution in [3.8, 4) is 5.75 Å². The molecular formula is C26H32N4O9. The van der Waals surface area contributed by atoms with Gasteiger partial charge in [0.2, 0.25) is 11.7 Å². The topological polar surface area (TPSA) is 214 Å². The quantitative estimate of drug-likeness (QED) is 0.179. The third-order valence-electron chi connectivity index (χ3n) is 7.84. The van der Waals surface area contributed by atoms with Gasteiger partial charge in [-0.2, -0.15) is 0 Å². The van der Waals surface area contributed by atoms with Gasteiger partial charge in [-0.05, 0) is 51.8 Å². The fourth-order valence-corrected chi connectivity index (χ4v) is 6.29. The van der Waals surface area contributed by atoms with Crippen LogP contribution in [0.1, 0.15) is 28.8 Å². The number of nitrogens with one attached hydrogen (secondary N) is 1. The molecule has 13 nitrogen and oxygen atoms in total. The number of Topliss-reactive ketones (excluding diaryl/α,β-unsaturated/α-hetero) is 2. The number of aliphatic hydroxyl groups is 4. The summed E-state index contributed by atoms with van der Waals surface area (Å²) < 4.78 is 0. The first-order valence-corrected chi connectivity index (χ1v) is 12.2. The Morgan fingerprint density at radius 3 is 2.26 bits per heavy atom. The predicted molar refractivity (Wildman–Crippen MR) is 137 cm³/mol. The number of rotatable bonds is 5. The van der Waals surface area contributed by atoms with Gasteiger partial charge in [0.05, 0.1) is 30.2 Å². The summed E-state index contributed by atoms with van der Waals surface area (Å²) in [5, 5.41) is 59.0. The highest BCUT2D eigenvalue weighted by Gasteiger charge is 2.67. The molecule has 0 aliphatic heterocycles. The Bertz CT molecular complexity index is 1370. The maximum atomic E-state index is 13.8. The number of primary amides is 1. The smallest absolute Gasteiger partial charge is 0.255 e. The number of phenolic OH excluding ortho intramolecular Hbond substituents is 1. The lowest BCUT2D eigenvalue weighted by Gasteiger charge is -2.53. The molecule has 0 bridgehead atoms. The summed E-state index contributed by atoms with van der Waals surface area (Å²) in [4.78, 5) is 54.8. The van der Waals surface area contributed by atoms with Crippen molar-refractivity contribution in [2.45, 2.75) is 30.6 Å². The number of fused-ring (bicyclic) bond motifs is 3. The SMILES string of the molecule is C[C@@H]1c2c(NC(=O)CN(C)C)ccc(O)c2C(=O)C2=C(O)[C@@]3(O)C(=O)C(C(N)=O)=C(O)[C@@H](N(C)C)[C@@H]3[C@H](O)[C@@H]21. The molecule has 8 N–H and O–H groups in total. The molecule has 1 aromatic carbocycles. The number of carbonyl (C=O) groups is 4. The highest BCUT2D eigenvalue weighted by atomic mass is 16.4. The van der Waals surface area contributed by atoms with Crippen LogP contribution < -0.4 is 11.1 Å². The lowest BCUT2D eigenvalue weighted by Crippen LogP contribution is -2.68. The molecule has 0 spiro atoms. The van der Waals surface area contributed by atoms with Gasteiger partial charge in [-0.25, -0.2) is 0 Å². The summed E-state index contributed by atoms with van der Waals surface area (Å²) in [5.74, 6) is -10.3. The Balaban J connectivity index is 1.98. The Hall–Kier alpha value is -3.78. The number of likely N-dealkylation sites (N-methyl/N-ethyl adjacent to an activating group) is 2. The van der Waals surface area contributed by atoms with E-state index in [0.29, 0.717) is 0 Å². The van der Waals surface area contributed by atoms with Gasteiger partial charge in [0.25, 0.3) is 5.91 Å². The van der Waals surface area contributed by atoms with Crippen LogP contribution in [0.15, 0.2) is 34.8 Å². The number of anilines is 1. The molecule has 3 aliphatic carbocycles. The second-order valence-corrected chi connectivity index (χ2v) is 10.8. The minimum absolute atomic E-state index is 0.0194. The van der Waals surface area contributed by atoms with Gasteiger partial charge in [0, 0.05) is 17.2 Å². The van der Waals surface area contributed by atoms with E-state index in [0.717, 1.165) is 0 Å². The van der Waals surface area contributed by atoms with E-state index in [-0.39, 0.29) is 23.4 Å². The van der Waals surface area contributed by atoms with Crippen LogP contribution in [-0.4, -0.2) is 111 Å². The first kappa shape index (κ1) is 28.2. The number of nitrogens with zero attached hydrogens (tertiary/aromatic N) is 2. The van der Waals surface area contributed by atoms with Crippen molar-refractivity contribution < 1.29 is 44.7 Å². The Labute approximate surface area is 223 Å². The van der Waals surface area contributed by atoms with Crippen molar-refractivity contribution in [3.05, 3.63) is 45.9 Å². The van der Waals surface area contributed by atoms with Crippen LogP contribution in [0, 0.1) is 11.8 Å². The highest BCUT2D eigenvalue weighted by Crippen LogP contribution is 2.56. The molecule has 0 saturated carbocycles. The van der Waals surface area contributed by atoms with E-state index < -0.39 is 87.3 Å². The first-order chi connectivity index (χ1) is 18.1. The number of carbonyl (C=O) groups excluding carboxylic acids is 4. The third kappa shape index (κ3) is 3.92. The molecule has 0 heterocycles. The van der Waals surface area contributed by atoms with Gasteiger partial charge >= 0.3 is 0 Å². The second kappa shape index (κ2) is 9.45. The van der Waals surface area contributed by atoms with E-state index in [1.54, 1.807) is 25.9 Å². The van der Waals surface area contributed by atoms with Crippen LogP contribution >= 0.6 is 0 Å². The van der Waals surface area contributed by atoms with Crippen molar-refractivity contribution in [1.29, 1.82) is 0 Å². The molecule has 210 valence electrons. The minimum atomic E-state index is -2.99. The molecule has 0 fully saturated rings. The molecule has 0 aromatic heterocycles.